The lowest BCUT2D eigenvalue weighted by Crippen LogP contribution is -2.48. The predicted molar refractivity (Wildman–Crippen MR) is 143 cm³/mol. The number of allylic oxidation sites excluding steroid dienone is 1. The molecule has 1 unspecified atom stereocenters. The summed E-state index contributed by atoms with van der Waals surface area (Å²) >= 11 is 6.26. The standard InChI is InChI=1S/C29H25ClF3N3O4/c1-17-25(27(37)38-2)26(20-4-3-5-22(30)13-20)35-28(34-14-19-8-11-23-24(12-19)40-16-39-23)36(17)15-18-6-9-21(10-7-18)29(31,32)33/h3-13,26H,14-16H2,1-2H3,(H,34,35). The van der Waals surface area contributed by atoms with Crippen molar-refractivity contribution in [1.82, 2.24) is 10.2 Å². The minimum absolute atomic E-state index is 0.150. The SMILES string of the molecule is COC(=O)C1=C(C)N(Cc2ccc(C(F)(F)F)cc2)C(=NCc2ccc3c(c2)OCO3)NC1c1cccc(Cl)c1. The summed E-state index contributed by atoms with van der Waals surface area (Å²) in [7, 11) is 1.29. The predicted octanol–water partition coefficient (Wildman–Crippen LogP) is 6.24. The molecule has 3 aromatic rings. The van der Waals surface area contributed by atoms with E-state index in [4.69, 9.17) is 30.8 Å². The van der Waals surface area contributed by atoms with Gasteiger partial charge in [-0.15, -0.1) is 0 Å². The number of benzene rings is 3. The molecule has 0 aliphatic carbocycles. The molecule has 208 valence electrons. The van der Waals surface area contributed by atoms with Crippen LogP contribution in [0.3, 0.4) is 0 Å². The van der Waals surface area contributed by atoms with Crippen LogP contribution >= 0.6 is 11.6 Å². The lowest BCUT2D eigenvalue weighted by atomic mass is 9.94. The van der Waals surface area contributed by atoms with Gasteiger partial charge in [-0.3, -0.25) is 0 Å². The minimum Gasteiger partial charge on any atom is -0.466 e. The molecule has 0 saturated carbocycles. The molecular formula is C29H25ClF3N3O4. The molecular weight excluding hydrogens is 547 g/mol. The Morgan fingerprint density at radius 2 is 1.80 bits per heavy atom. The molecule has 1 N–H and O–H groups in total. The largest absolute Gasteiger partial charge is 0.466 e. The summed E-state index contributed by atoms with van der Waals surface area (Å²) < 4.78 is 55.4. The third kappa shape index (κ3) is 5.72. The molecule has 7 nitrogen and oxygen atoms in total. The Bertz CT molecular complexity index is 1490. The van der Waals surface area contributed by atoms with Crippen LogP contribution in [0.25, 0.3) is 0 Å². The maximum absolute atomic E-state index is 13.1. The average Bonchev–Trinajstić information content (AvgIpc) is 3.40. The second kappa shape index (κ2) is 11.1. The highest BCUT2D eigenvalue weighted by atomic mass is 35.5. The number of carbonyl (C=O) groups excluding carboxylic acids is 1. The van der Waals surface area contributed by atoms with Gasteiger partial charge in [0, 0.05) is 10.7 Å². The Kier molecular flexibility index (Phi) is 7.62. The third-order valence-corrected chi connectivity index (χ3v) is 6.91. The number of hydrogen-bond acceptors (Lipinski definition) is 5. The Morgan fingerprint density at radius 1 is 1.07 bits per heavy atom. The van der Waals surface area contributed by atoms with Gasteiger partial charge in [0.1, 0.15) is 0 Å². The van der Waals surface area contributed by atoms with Gasteiger partial charge in [-0.2, -0.15) is 13.2 Å². The molecule has 0 aromatic heterocycles. The molecule has 0 saturated heterocycles. The van der Waals surface area contributed by atoms with Crippen LogP contribution in [0.2, 0.25) is 5.02 Å². The lowest BCUT2D eigenvalue weighted by molar-refractivity contribution is -0.138. The molecule has 2 heterocycles. The molecule has 2 aliphatic heterocycles. The summed E-state index contributed by atoms with van der Waals surface area (Å²) in [4.78, 5) is 19.6. The van der Waals surface area contributed by atoms with Crippen LogP contribution in [-0.4, -0.2) is 30.7 Å². The van der Waals surface area contributed by atoms with E-state index in [1.165, 1.54) is 19.2 Å². The van der Waals surface area contributed by atoms with Gasteiger partial charge >= 0.3 is 12.1 Å². The maximum Gasteiger partial charge on any atom is 0.416 e. The van der Waals surface area contributed by atoms with Crippen LogP contribution in [-0.2, 0) is 28.8 Å². The molecule has 0 amide bonds. The number of aliphatic imine (C=N–C) groups is 1. The van der Waals surface area contributed by atoms with Gasteiger partial charge in [-0.1, -0.05) is 41.9 Å². The van der Waals surface area contributed by atoms with Crippen molar-refractivity contribution in [3.8, 4) is 11.5 Å². The molecule has 0 radical (unpaired) electrons. The van der Waals surface area contributed by atoms with E-state index in [1.807, 2.05) is 18.2 Å². The number of rotatable bonds is 6. The van der Waals surface area contributed by atoms with Crippen molar-refractivity contribution in [3.05, 3.63) is 105 Å². The molecule has 0 bridgehead atoms. The van der Waals surface area contributed by atoms with E-state index in [9.17, 15) is 18.0 Å². The fourth-order valence-electron chi connectivity index (χ4n) is 4.62. The lowest BCUT2D eigenvalue weighted by Gasteiger charge is -2.38. The molecule has 11 heteroatoms. The van der Waals surface area contributed by atoms with E-state index >= 15 is 0 Å². The van der Waals surface area contributed by atoms with E-state index in [2.05, 4.69) is 5.32 Å². The van der Waals surface area contributed by atoms with Crippen LogP contribution in [0.15, 0.2) is 83.0 Å². The van der Waals surface area contributed by atoms with Gasteiger partial charge in [-0.05, 0) is 60.0 Å². The molecule has 0 spiro atoms. The zero-order valence-corrected chi connectivity index (χ0v) is 22.3. The van der Waals surface area contributed by atoms with E-state index in [0.29, 0.717) is 39.3 Å². The number of alkyl halides is 3. The van der Waals surface area contributed by atoms with Gasteiger partial charge in [0.25, 0.3) is 0 Å². The summed E-state index contributed by atoms with van der Waals surface area (Å²) in [5.41, 5.74) is 2.30. The number of methoxy groups -OCH3 is 1. The van der Waals surface area contributed by atoms with Crippen molar-refractivity contribution in [2.24, 2.45) is 4.99 Å². The highest BCUT2D eigenvalue weighted by molar-refractivity contribution is 6.30. The molecule has 2 aliphatic rings. The molecule has 1 atom stereocenters. The van der Waals surface area contributed by atoms with Gasteiger partial charge < -0.3 is 24.4 Å². The summed E-state index contributed by atoms with van der Waals surface area (Å²) in [6.07, 6.45) is -4.44. The quantitative estimate of drug-likeness (QED) is 0.353. The Labute approximate surface area is 233 Å². The van der Waals surface area contributed by atoms with Crippen LogP contribution in [0.1, 0.15) is 35.2 Å². The van der Waals surface area contributed by atoms with Gasteiger partial charge in [-0.25, -0.2) is 9.79 Å². The van der Waals surface area contributed by atoms with Crippen LogP contribution < -0.4 is 14.8 Å². The van der Waals surface area contributed by atoms with Crippen molar-refractivity contribution in [2.45, 2.75) is 32.2 Å². The fraction of sp³-hybridized carbons (Fsp3) is 0.241. The Hall–Kier alpha value is -4.18. The number of carbonyl (C=O) groups is 1. The fourth-order valence-corrected chi connectivity index (χ4v) is 4.81. The minimum atomic E-state index is -4.44. The van der Waals surface area contributed by atoms with E-state index in [0.717, 1.165) is 23.3 Å². The average molecular weight is 572 g/mol. The highest BCUT2D eigenvalue weighted by Gasteiger charge is 2.36. The summed E-state index contributed by atoms with van der Waals surface area (Å²) in [5, 5.41) is 3.84. The molecule has 5 rings (SSSR count). The number of guanidine groups is 1. The maximum atomic E-state index is 13.1. The monoisotopic (exact) mass is 571 g/mol. The number of fused-ring (bicyclic) bond motifs is 1. The summed E-state index contributed by atoms with van der Waals surface area (Å²) in [5.74, 6) is 1.14. The van der Waals surface area contributed by atoms with Crippen molar-refractivity contribution >= 4 is 23.5 Å². The number of hydrogen-bond donors (Lipinski definition) is 1. The smallest absolute Gasteiger partial charge is 0.416 e. The second-order valence-corrected chi connectivity index (χ2v) is 9.67. The summed E-state index contributed by atoms with van der Waals surface area (Å²) in [6.45, 7) is 2.31. The van der Waals surface area contributed by atoms with Crippen molar-refractivity contribution < 1.29 is 32.2 Å². The van der Waals surface area contributed by atoms with Crippen LogP contribution in [0, 0.1) is 0 Å². The van der Waals surface area contributed by atoms with E-state index in [1.54, 1.807) is 36.1 Å². The first kappa shape index (κ1) is 27.4. The van der Waals surface area contributed by atoms with Crippen molar-refractivity contribution in [1.29, 1.82) is 0 Å². The first-order valence-corrected chi connectivity index (χ1v) is 12.7. The van der Waals surface area contributed by atoms with Crippen LogP contribution in [0.5, 0.6) is 11.5 Å². The first-order valence-electron chi connectivity index (χ1n) is 12.3. The second-order valence-electron chi connectivity index (χ2n) is 9.23. The Morgan fingerprint density at radius 3 is 2.50 bits per heavy atom. The van der Waals surface area contributed by atoms with Gasteiger partial charge in [0.15, 0.2) is 17.5 Å². The highest BCUT2D eigenvalue weighted by Crippen LogP contribution is 2.35. The third-order valence-electron chi connectivity index (χ3n) is 6.67. The number of halogens is 4. The number of nitrogens with zero attached hydrogens (tertiary/aromatic N) is 2. The zero-order chi connectivity index (χ0) is 28.4. The van der Waals surface area contributed by atoms with E-state index < -0.39 is 23.8 Å². The van der Waals surface area contributed by atoms with Crippen LogP contribution in [0.4, 0.5) is 13.2 Å². The number of nitrogens with one attached hydrogen (secondary N) is 1. The molecule has 3 aromatic carbocycles. The Balaban J connectivity index is 1.55. The first-order chi connectivity index (χ1) is 19.1. The van der Waals surface area contributed by atoms with Gasteiger partial charge in [0.05, 0.1) is 37.4 Å². The zero-order valence-electron chi connectivity index (χ0n) is 21.6. The van der Waals surface area contributed by atoms with Crippen molar-refractivity contribution in [3.63, 3.8) is 0 Å². The normalized spacial score (nSPS) is 17.7. The number of esters is 1. The van der Waals surface area contributed by atoms with E-state index in [-0.39, 0.29) is 19.9 Å². The molecule has 0 fully saturated rings. The topological polar surface area (TPSA) is 72.4 Å². The summed E-state index contributed by atoms with van der Waals surface area (Å²) in [6, 6.07) is 16.9. The van der Waals surface area contributed by atoms with Crippen molar-refractivity contribution in [2.75, 3.05) is 13.9 Å². The molecule has 40 heavy (non-hydrogen) atoms. The van der Waals surface area contributed by atoms with Gasteiger partial charge in [0.2, 0.25) is 6.79 Å². The number of ether oxygens (including phenoxy) is 3.